The van der Waals surface area contributed by atoms with E-state index in [1.54, 1.807) is 0 Å². The molecule has 0 fully saturated rings. The Morgan fingerprint density at radius 1 is 0.900 bits per heavy atom. The van der Waals surface area contributed by atoms with Crippen molar-refractivity contribution in [1.82, 2.24) is 4.98 Å². The minimum absolute atomic E-state index is 0.175. The van der Waals surface area contributed by atoms with Crippen LogP contribution in [0.2, 0.25) is 0 Å². The molecule has 0 radical (unpaired) electrons. The molecule has 0 aliphatic carbocycles. The van der Waals surface area contributed by atoms with Crippen LogP contribution in [0.3, 0.4) is 0 Å². The molecule has 20 heavy (non-hydrogen) atoms. The van der Waals surface area contributed by atoms with E-state index in [1.807, 2.05) is 0 Å². The molecule has 0 unspecified atom stereocenters. The van der Waals surface area contributed by atoms with Crippen molar-refractivity contribution >= 4 is 10.9 Å². The number of fused-ring (bicyclic) bond motifs is 1. The Balaban J connectivity index is 2.17. The molecule has 0 saturated carbocycles. The van der Waals surface area contributed by atoms with Crippen LogP contribution in [0.15, 0.2) is 48.5 Å². The summed E-state index contributed by atoms with van der Waals surface area (Å²) in [5.74, 6) is 0. The standard InChI is InChI=1S/C19H21N/c1-13-9-10-15(19(2,3)4)12-16(13)18-11-14-7-5-6-8-17(14)20-18/h5-12,20H,1-4H3. The van der Waals surface area contributed by atoms with Gasteiger partial charge in [0.1, 0.15) is 0 Å². The van der Waals surface area contributed by atoms with E-state index in [2.05, 4.69) is 81.2 Å². The Kier molecular flexibility index (Phi) is 2.93. The molecule has 1 heteroatoms. The maximum absolute atomic E-state index is 3.53. The number of nitrogens with one attached hydrogen (secondary N) is 1. The van der Waals surface area contributed by atoms with Crippen LogP contribution >= 0.6 is 0 Å². The summed E-state index contributed by atoms with van der Waals surface area (Å²) in [6, 6.07) is 17.5. The topological polar surface area (TPSA) is 15.8 Å². The van der Waals surface area contributed by atoms with Gasteiger partial charge in [0.05, 0.1) is 0 Å². The lowest BCUT2D eigenvalue weighted by Gasteiger charge is -2.20. The van der Waals surface area contributed by atoms with E-state index in [1.165, 1.54) is 33.3 Å². The quantitative estimate of drug-likeness (QED) is 0.601. The molecule has 1 nitrogen and oxygen atoms in total. The van der Waals surface area contributed by atoms with Gasteiger partial charge in [-0.25, -0.2) is 0 Å². The van der Waals surface area contributed by atoms with Crippen molar-refractivity contribution in [3.05, 3.63) is 59.7 Å². The van der Waals surface area contributed by atoms with Gasteiger partial charge >= 0.3 is 0 Å². The van der Waals surface area contributed by atoms with Crippen molar-refractivity contribution in [2.45, 2.75) is 33.1 Å². The van der Waals surface area contributed by atoms with E-state index in [0.29, 0.717) is 0 Å². The second kappa shape index (κ2) is 4.52. The predicted molar refractivity (Wildman–Crippen MR) is 87.2 cm³/mol. The van der Waals surface area contributed by atoms with Gasteiger partial charge in [-0.3, -0.25) is 0 Å². The first-order chi connectivity index (χ1) is 9.45. The van der Waals surface area contributed by atoms with Crippen LogP contribution < -0.4 is 0 Å². The van der Waals surface area contributed by atoms with Crippen molar-refractivity contribution in [3.8, 4) is 11.3 Å². The van der Waals surface area contributed by atoms with Crippen LogP contribution in [-0.4, -0.2) is 4.98 Å². The average Bonchev–Trinajstić information content (AvgIpc) is 2.81. The second-order valence-electron chi connectivity index (χ2n) is 6.55. The Morgan fingerprint density at radius 2 is 1.65 bits per heavy atom. The number of aromatic amines is 1. The molecule has 1 heterocycles. The van der Waals surface area contributed by atoms with E-state index >= 15 is 0 Å². The zero-order valence-corrected chi connectivity index (χ0v) is 12.6. The highest BCUT2D eigenvalue weighted by Gasteiger charge is 2.15. The lowest BCUT2D eigenvalue weighted by molar-refractivity contribution is 0.590. The van der Waals surface area contributed by atoms with Crippen molar-refractivity contribution in [2.75, 3.05) is 0 Å². The number of benzene rings is 2. The molecular formula is C19H21N. The van der Waals surface area contributed by atoms with E-state index in [9.17, 15) is 0 Å². The summed E-state index contributed by atoms with van der Waals surface area (Å²) in [6.45, 7) is 8.94. The van der Waals surface area contributed by atoms with Crippen molar-refractivity contribution in [1.29, 1.82) is 0 Å². The fourth-order valence-electron chi connectivity index (χ4n) is 2.60. The largest absolute Gasteiger partial charge is 0.355 e. The number of para-hydroxylation sites is 1. The molecule has 0 spiro atoms. The van der Waals surface area contributed by atoms with Gasteiger partial charge in [-0.05, 0) is 41.7 Å². The zero-order valence-electron chi connectivity index (χ0n) is 12.6. The Morgan fingerprint density at radius 3 is 2.35 bits per heavy atom. The third-order valence-corrected chi connectivity index (χ3v) is 3.92. The van der Waals surface area contributed by atoms with E-state index in [0.717, 1.165) is 0 Å². The third kappa shape index (κ3) is 2.24. The summed E-state index contributed by atoms with van der Waals surface area (Å²) >= 11 is 0. The molecule has 0 aliphatic heterocycles. The van der Waals surface area contributed by atoms with Gasteiger partial charge in [-0.15, -0.1) is 0 Å². The number of aromatic nitrogens is 1. The molecular weight excluding hydrogens is 242 g/mol. The van der Waals surface area contributed by atoms with Crippen LogP contribution in [0.25, 0.3) is 22.2 Å². The molecule has 3 rings (SSSR count). The van der Waals surface area contributed by atoms with Crippen LogP contribution in [-0.2, 0) is 5.41 Å². The Bertz CT molecular complexity index is 724. The maximum Gasteiger partial charge on any atom is 0.0467 e. The second-order valence-corrected chi connectivity index (χ2v) is 6.55. The molecule has 0 atom stereocenters. The van der Waals surface area contributed by atoms with Crippen molar-refractivity contribution in [3.63, 3.8) is 0 Å². The monoisotopic (exact) mass is 263 g/mol. The van der Waals surface area contributed by atoms with E-state index in [-0.39, 0.29) is 5.41 Å². The van der Waals surface area contributed by atoms with Gasteiger partial charge in [-0.2, -0.15) is 0 Å². The zero-order chi connectivity index (χ0) is 14.3. The molecule has 1 aromatic heterocycles. The number of aryl methyl sites for hydroxylation is 1. The van der Waals surface area contributed by atoms with Gasteiger partial charge in [0, 0.05) is 22.2 Å². The molecule has 0 amide bonds. The molecule has 0 bridgehead atoms. The molecule has 1 N–H and O–H groups in total. The summed E-state index contributed by atoms with van der Waals surface area (Å²) in [4.78, 5) is 3.53. The van der Waals surface area contributed by atoms with Gasteiger partial charge in [-0.1, -0.05) is 51.1 Å². The smallest absolute Gasteiger partial charge is 0.0467 e. The first-order valence-corrected chi connectivity index (χ1v) is 7.14. The lowest BCUT2D eigenvalue weighted by atomic mass is 9.85. The van der Waals surface area contributed by atoms with Gasteiger partial charge in [0.15, 0.2) is 0 Å². The number of hydrogen-bond donors (Lipinski definition) is 1. The minimum atomic E-state index is 0.175. The third-order valence-electron chi connectivity index (χ3n) is 3.92. The van der Waals surface area contributed by atoms with E-state index < -0.39 is 0 Å². The highest BCUT2D eigenvalue weighted by Crippen LogP contribution is 2.31. The highest BCUT2D eigenvalue weighted by molar-refractivity contribution is 5.86. The van der Waals surface area contributed by atoms with Gasteiger partial charge < -0.3 is 4.98 Å². The fraction of sp³-hybridized carbons (Fsp3) is 0.263. The number of hydrogen-bond acceptors (Lipinski definition) is 0. The minimum Gasteiger partial charge on any atom is -0.355 e. The molecule has 2 aromatic carbocycles. The average molecular weight is 263 g/mol. The van der Waals surface area contributed by atoms with Crippen molar-refractivity contribution < 1.29 is 0 Å². The first-order valence-electron chi connectivity index (χ1n) is 7.14. The lowest BCUT2D eigenvalue weighted by Crippen LogP contribution is -2.11. The molecule has 3 aromatic rings. The number of rotatable bonds is 1. The Hall–Kier alpha value is -2.02. The van der Waals surface area contributed by atoms with Crippen LogP contribution in [0, 0.1) is 6.92 Å². The predicted octanol–water partition coefficient (Wildman–Crippen LogP) is 5.44. The van der Waals surface area contributed by atoms with E-state index in [4.69, 9.17) is 0 Å². The highest BCUT2D eigenvalue weighted by atomic mass is 14.7. The van der Waals surface area contributed by atoms with Crippen LogP contribution in [0.4, 0.5) is 0 Å². The van der Waals surface area contributed by atoms with Gasteiger partial charge in [0.2, 0.25) is 0 Å². The summed E-state index contributed by atoms with van der Waals surface area (Å²) in [6.07, 6.45) is 0. The molecule has 102 valence electrons. The van der Waals surface area contributed by atoms with Crippen LogP contribution in [0.5, 0.6) is 0 Å². The van der Waals surface area contributed by atoms with Crippen LogP contribution in [0.1, 0.15) is 31.9 Å². The van der Waals surface area contributed by atoms with Crippen molar-refractivity contribution in [2.24, 2.45) is 0 Å². The Labute approximate surface area is 120 Å². The normalized spacial score (nSPS) is 12.0. The fourth-order valence-corrected chi connectivity index (χ4v) is 2.60. The summed E-state index contributed by atoms with van der Waals surface area (Å²) in [5, 5.41) is 1.27. The van der Waals surface area contributed by atoms with Gasteiger partial charge in [0.25, 0.3) is 0 Å². The summed E-state index contributed by atoms with van der Waals surface area (Å²) in [7, 11) is 0. The number of H-pyrrole nitrogens is 1. The first kappa shape index (κ1) is 13.0. The maximum atomic E-state index is 3.53. The molecule has 0 aliphatic rings. The summed E-state index contributed by atoms with van der Waals surface area (Å²) < 4.78 is 0. The summed E-state index contributed by atoms with van der Waals surface area (Å²) in [5.41, 5.74) is 6.56. The molecule has 0 saturated heterocycles. The SMILES string of the molecule is Cc1ccc(C(C)(C)C)cc1-c1cc2ccccc2[nH]1.